The number of aliphatic hydroxyl groups is 1. The molecule has 0 bridgehead atoms. The number of nitrogens with zero attached hydrogens (tertiary/aromatic N) is 2. The number of amides is 2. The summed E-state index contributed by atoms with van der Waals surface area (Å²) in [6.45, 7) is 0.472. The number of hydrogen-bond donors (Lipinski definition) is 5. The molecule has 0 saturated carbocycles. The van der Waals surface area contributed by atoms with Crippen LogP contribution < -0.4 is 20.9 Å². The van der Waals surface area contributed by atoms with Crippen LogP contribution in [0.1, 0.15) is 20.7 Å². The summed E-state index contributed by atoms with van der Waals surface area (Å²) >= 11 is 0. The second kappa shape index (κ2) is 13.4. The van der Waals surface area contributed by atoms with Gasteiger partial charge in [-0.05, 0) is 42.5 Å². The molecular formula is C25H25Cl2N5O5. The first-order valence-corrected chi connectivity index (χ1v) is 10.7. The third-order valence-corrected chi connectivity index (χ3v) is 5.28. The average Bonchev–Trinajstić information content (AvgIpc) is 2.91. The molecule has 2 amide bonds. The fraction of sp³-hybridized carbons (Fsp3) is 0.120. The maximum Gasteiger partial charge on any atom is 0.279 e. The second-order valence-corrected chi connectivity index (χ2v) is 7.46. The minimum absolute atomic E-state index is 0. The highest BCUT2D eigenvalue weighted by atomic mass is 35.5. The number of hydroxylamine groups is 1. The Morgan fingerprint density at radius 1 is 0.946 bits per heavy atom. The Bertz CT molecular complexity index is 1370. The molecule has 4 rings (SSSR count). The first-order valence-electron chi connectivity index (χ1n) is 10.7. The number of carbonyl (C=O) groups is 2. The first-order chi connectivity index (χ1) is 17.0. The van der Waals surface area contributed by atoms with Gasteiger partial charge in [0.25, 0.3) is 11.8 Å². The average molecular weight is 546 g/mol. The first kappa shape index (κ1) is 29.3. The number of carbonyl (C=O) groups excluding carboxylic acids is 2. The van der Waals surface area contributed by atoms with Gasteiger partial charge in [0.05, 0.1) is 24.8 Å². The SMILES string of the molecule is COc1c(-c2ccc(C(=O)Nc3ccc(NCCO)cc3)cc2)nc2ccncc2c1C(=O)NO.Cl.Cl. The van der Waals surface area contributed by atoms with Crippen molar-refractivity contribution in [3.05, 3.63) is 78.1 Å². The van der Waals surface area contributed by atoms with E-state index in [1.807, 2.05) is 12.1 Å². The van der Waals surface area contributed by atoms with Crippen LogP contribution in [0.3, 0.4) is 0 Å². The summed E-state index contributed by atoms with van der Waals surface area (Å²) in [6, 6.07) is 15.5. The lowest BCUT2D eigenvalue weighted by molar-refractivity contribution is 0.0705. The molecule has 0 aliphatic heterocycles. The molecule has 0 fully saturated rings. The second-order valence-electron chi connectivity index (χ2n) is 7.46. The van der Waals surface area contributed by atoms with Crippen LogP contribution in [0.25, 0.3) is 22.2 Å². The highest BCUT2D eigenvalue weighted by Gasteiger charge is 2.22. The standard InChI is InChI=1S/C25H23N5O5.2ClH/c1-35-23-21(25(33)30-34)19-14-26-11-10-20(19)29-22(23)15-2-4-16(5-3-15)24(32)28-18-8-6-17(7-9-18)27-12-13-31;;/h2-11,14,27,31,34H,12-13H2,1H3,(H,28,32)(H,30,33);2*1H. The maximum atomic E-state index is 12.7. The lowest BCUT2D eigenvalue weighted by Gasteiger charge is -2.15. The molecule has 2 aromatic heterocycles. The van der Waals surface area contributed by atoms with E-state index in [1.165, 1.54) is 13.3 Å². The third-order valence-electron chi connectivity index (χ3n) is 5.28. The van der Waals surface area contributed by atoms with Gasteiger partial charge in [0, 0.05) is 46.8 Å². The van der Waals surface area contributed by atoms with Gasteiger partial charge >= 0.3 is 0 Å². The van der Waals surface area contributed by atoms with E-state index in [4.69, 9.17) is 9.84 Å². The van der Waals surface area contributed by atoms with E-state index in [-0.39, 0.29) is 48.6 Å². The minimum Gasteiger partial charge on any atom is -0.494 e. The summed E-state index contributed by atoms with van der Waals surface area (Å²) in [5.74, 6) is -0.876. The van der Waals surface area contributed by atoms with Crippen molar-refractivity contribution >= 4 is 58.9 Å². The highest BCUT2D eigenvalue weighted by molar-refractivity contribution is 6.10. The molecular weight excluding hydrogens is 521 g/mol. The number of aromatic nitrogens is 2. The number of aliphatic hydroxyl groups excluding tert-OH is 1. The van der Waals surface area contributed by atoms with Crippen LogP contribution in [0, 0.1) is 0 Å². The number of ether oxygens (including phenoxy) is 1. The fourth-order valence-electron chi connectivity index (χ4n) is 3.62. The number of anilines is 2. The van der Waals surface area contributed by atoms with Crippen molar-refractivity contribution in [3.8, 4) is 17.0 Å². The molecule has 4 aromatic rings. The van der Waals surface area contributed by atoms with Gasteiger partial charge in [-0.25, -0.2) is 10.5 Å². The van der Waals surface area contributed by atoms with Gasteiger partial charge in [-0.2, -0.15) is 0 Å². The number of nitrogens with one attached hydrogen (secondary N) is 3. The molecule has 0 spiro atoms. The number of rotatable bonds is 8. The smallest absolute Gasteiger partial charge is 0.279 e. The topological polar surface area (TPSA) is 146 Å². The quantitative estimate of drug-likeness (QED) is 0.165. The number of methoxy groups -OCH3 is 1. The summed E-state index contributed by atoms with van der Waals surface area (Å²) in [6.07, 6.45) is 3.02. The van der Waals surface area contributed by atoms with Crippen molar-refractivity contribution in [2.75, 3.05) is 30.9 Å². The molecule has 2 aromatic carbocycles. The van der Waals surface area contributed by atoms with Gasteiger partial charge in [0.15, 0.2) is 5.75 Å². The largest absolute Gasteiger partial charge is 0.494 e. The van der Waals surface area contributed by atoms with Crippen LogP contribution in [0.2, 0.25) is 0 Å². The zero-order chi connectivity index (χ0) is 24.8. The molecule has 2 heterocycles. The Balaban J connectivity index is 0.00000241. The number of halogens is 2. The van der Waals surface area contributed by atoms with Crippen molar-refractivity contribution in [1.82, 2.24) is 15.4 Å². The summed E-state index contributed by atoms with van der Waals surface area (Å²) in [5, 5.41) is 24.4. The Labute approximate surface area is 224 Å². The summed E-state index contributed by atoms with van der Waals surface area (Å²) in [7, 11) is 1.41. The molecule has 5 N–H and O–H groups in total. The van der Waals surface area contributed by atoms with E-state index in [1.54, 1.807) is 54.1 Å². The molecule has 0 unspecified atom stereocenters. The lowest BCUT2D eigenvalue weighted by Crippen LogP contribution is -2.20. The van der Waals surface area contributed by atoms with Gasteiger partial charge in [-0.15, -0.1) is 24.8 Å². The predicted octanol–water partition coefficient (Wildman–Crippen LogP) is 3.92. The number of benzene rings is 2. The molecule has 12 heteroatoms. The normalized spacial score (nSPS) is 10.0. The van der Waals surface area contributed by atoms with Crippen molar-refractivity contribution in [2.24, 2.45) is 0 Å². The Kier molecular flexibility index (Phi) is 10.6. The van der Waals surface area contributed by atoms with E-state index in [0.717, 1.165) is 5.69 Å². The van der Waals surface area contributed by atoms with Crippen molar-refractivity contribution in [3.63, 3.8) is 0 Å². The summed E-state index contributed by atoms with van der Waals surface area (Å²) in [5.41, 5.74) is 5.11. The maximum absolute atomic E-state index is 12.7. The van der Waals surface area contributed by atoms with Crippen LogP contribution in [-0.4, -0.2) is 52.4 Å². The Morgan fingerprint density at radius 2 is 1.62 bits per heavy atom. The number of hydrogen-bond acceptors (Lipinski definition) is 8. The Hall–Kier alpha value is -3.96. The molecule has 0 saturated heterocycles. The zero-order valence-electron chi connectivity index (χ0n) is 19.6. The van der Waals surface area contributed by atoms with Crippen LogP contribution in [0.4, 0.5) is 11.4 Å². The van der Waals surface area contributed by atoms with E-state index in [9.17, 15) is 14.8 Å². The number of pyridine rings is 2. The molecule has 37 heavy (non-hydrogen) atoms. The van der Waals surface area contributed by atoms with Gasteiger partial charge in [-0.1, -0.05) is 12.1 Å². The van der Waals surface area contributed by atoms with E-state index >= 15 is 0 Å². The monoisotopic (exact) mass is 545 g/mol. The van der Waals surface area contributed by atoms with Crippen molar-refractivity contribution < 1.29 is 24.6 Å². The van der Waals surface area contributed by atoms with E-state index in [2.05, 4.69) is 20.6 Å². The zero-order valence-corrected chi connectivity index (χ0v) is 21.2. The lowest BCUT2D eigenvalue weighted by atomic mass is 10.0. The predicted molar refractivity (Wildman–Crippen MR) is 145 cm³/mol. The van der Waals surface area contributed by atoms with Gasteiger partial charge in [-0.3, -0.25) is 19.8 Å². The fourth-order valence-corrected chi connectivity index (χ4v) is 3.62. The highest BCUT2D eigenvalue weighted by Crippen LogP contribution is 2.36. The molecule has 0 aliphatic rings. The Morgan fingerprint density at radius 3 is 2.24 bits per heavy atom. The number of fused-ring (bicyclic) bond motifs is 1. The van der Waals surface area contributed by atoms with Crippen LogP contribution >= 0.6 is 24.8 Å². The van der Waals surface area contributed by atoms with E-state index < -0.39 is 5.91 Å². The van der Waals surface area contributed by atoms with Crippen LogP contribution in [0.15, 0.2) is 67.0 Å². The molecule has 10 nitrogen and oxygen atoms in total. The molecule has 0 atom stereocenters. The van der Waals surface area contributed by atoms with Crippen molar-refractivity contribution in [1.29, 1.82) is 0 Å². The van der Waals surface area contributed by atoms with Gasteiger partial charge in [0.2, 0.25) is 0 Å². The van der Waals surface area contributed by atoms with E-state index in [0.29, 0.717) is 40.0 Å². The van der Waals surface area contributed by atoms with Crippen molar-refractivity contribution in [2.45, 2.75) is 0 Å². The molecule has 0 radical (unpaired) electrons. The minimum atomic E-state index is -0.753. The van der Waals surface area contributed by atoms with Crippen LogP contribution in [-0.2, 0) is 0 Å². The third kappa shape index (κ3) is 6.43. The van der Waals surface area contributed by atoms with Crippen LogP contribution in [0.5, 0.6) is 5.75 Å². The summed E-state index contributed by atoms with van der Waals surface area (Å²) in [4.78, 5) is 33.8. The van der Waals surface area contributed by atoms with Gasteiger partial charge < -0.3 is 20.5 Å². The summed E-state index contributed by atoms with van der Waals surface area (Å²) < 4.78 is 5.49. The van der Waals surface area contributed by atoms with Gasteiger partial charge in [0.1, 0.15) is 5.69 Å². The molecule has 194 valence electrons. The molecule has 0 aliphatic carbocycles.